The van der Waals surface area contributed by atoms with Crippen LogP contribution in [0.15, 0.2) is 24.3 Å². The lowest BCUT2D eigenvalue weighted by Gasteiger charge is -2.44. The lowest BCUT2D eigenvalue weighted by atomic mass is 9.74. The molecule has 34 heavy (non-hydrogen) atoms. The van der Waals surface area contributed by atoms with Gasteiger partial charge in [0.25, 0.3) is 0 Å². The number of piperidine rings is 1. The van der Waals surface area contributed by atoms with Crippen LogP contribution < -0.4 is 4.90 Å². The molecular weight excluding hydrogens is 426 g/mol. The standard InChI is InChI=1S/C28H41N3O3/c1-4-23(17-24-12-9-20(2)31(24)27(33)34-18-22-10-11-22)29-15-13-28(14-16-29)19-30(21(3)32)26-8-6-5-7-25(26)28/h5-8,20,22-24H,4,9-19H2,1-3H3. The Hall–Kier alpha value is -2.08. The molecule has 1 aliphatic carbocycles. The fourth-order valence-corrected chi connectivity index (χ4v) is 6.72. The first-order valence-electron chi connectivity index (χ1n) is 13.5. The SMILES string of the molecule is CCC(CC1CCC(C)N1C(=O)OCC1CC1)N1CCC2(CC1)CN(C(C)=O)c1ccccc12. The second-order valence-electron chi connectivity index (χ2n) is 11.2. The number of fused-ring (bicyclic) bond motifs is 2. The van der Waals surface area contributed by atoms with Gasteiger partial charge < -0.3 is 19.4 Å². The zero-order chi connectivity index (χ0) is 23.9. The summed E-state index contributed by atoms with van der Waals surface area (Å²) in [4.78, 5) is 31.9. The van der Waals surface area contributed by atoms with Gasteiger partial charge in [0.15, 0.2) is 0 Å². The average Bonchev–Trinajstić information content (AvgIpc) is 3.53. The normalized spacial score (nSPS) is 27.1. The van der Waals surface area contributed by atoms with E-state index in [-0.39, 0.29) is 29.5 Å². The van der Waals surface area contributed by atoms with Gasteiger partial charge in [-0.05, 0) is 88.9 Å². The van der Waals surface area contributed by atoms with Gasteiger partial charge in [0, 0.05) is 42.7 Å². The second-order valence-corrected chi connectivity index (χ2v) is 11.2. The molecule has 1 aromatic carbocycles. The minimum absolute atomic E-state index is 0.0809. The first-order valence-corrected chi connectivity index (χ1v) is 13.5. The molecular formula is C28H41N3O3. The fraction of sp³-hybridized carbons (Fsp3) is 0.714. The number of para-hydroxylation sites is 1. The van der Waals surface area contributed by atoms with Gasteiger partial charge in [-0.15, -0.1) is 0 Å². The highest BCUT2D eigenvalue weighted by molar-refractivity contribution is 5.94. The summed E-state index contributed by atoms with van der Waals surface area (Å²) in [6.07, 6.45) is 8.75. The molecule has 2 saturated heterocycles. The first-order chi connectivity index (χ1) is 16.4. The monoisotopic (exact) mass is 467 g/mol. The largest absolute Gasteiger partial charge is 0.449 e. The van der Waals surface area contributed by atoms with Crippen LogP contribution in [0.3, 0.4) is 0 Å². The molecule has 3 heterocycles. The van der Waals surface area contributed by atoms with Gasteiger partial charge in [0.2, 0.25) is 5.91 Å². The Balaban J connectivity index is 1.23. The maximum atomic E-state index is 12.9. The van der Waals surface area contributed by atoms with E-state index in [2.05, 4.69) is 41.8 Å². The zero-order valence-electron chi connectivity index (χ0n) is 21.2. The Kier molecular flexibility index (Phi) is 6.62. The second kappa shape index (κ2) is 9.52. The van der Waals surface area contributed by atoms with E-state index in [4.69, 9.17) is 4.74 Å². The topological polar surface area (TPSA) is 53.1 Å². The Bertz CT molecular complexity index is 906. The summed E-state index contributed by atoms with van der Waals surface area (Å²) in [6.45, 7) is 9.64. The molecule has 6 heteroatoms. The smallest absolute Gasteiger partial charge is 0.410 e. The number of nitrogens with zero attached hydrogens (tertiary/aromatic N) is 3. The molecule has 0 radical (unpaired) electrons. The van der Waals surface area contributed by atoms with Crippen LogP contribution in [0.4, 0.5) is 10.5 Å². The van der Waals surface area contributed by atoms with Crippen molar-refractivity contribution in [2.24, 2.45) is 5.92 Å². The highest BCUT2D eigenvalue weighted by atomic mass is 16.6. The number of anilines is 1. The number of hydrogen-bond acceptors (Lipinski definition) is 4. The molecule has 5 rings (SSSR count). The van der Waals surface area contributed by atoms with Crippen molar-refractivity contribution in [1.82, 2.24) is 9.80 Å². The van der Waals surface area contributed by atoms with E-state index < -0.39 is 0 Å². The molecule has 3 aliphatic heterocycles. The number of rotatable bonds is 6. The Morgan fingerprint density at radius 1 is 1.12 bits per heavy atom. The number of carbonyl (C=O) groups excluding carboxylic acids is 2. The van der Waals surface area contributed by atoms with Gasteiger partial charge in [-0.25, -0.2) is 4.79 Å². The predicted molar refractivity (Wildman–Crippen MR) is 134 cm³/mol. The maximum absolute atomic E-state index is 12.9. The molecule has 1 spiro atoms. The number of amides is 2. The van der Waals surface area contributed by atoms with Crippen molar-refractivity contribution in [2.75, 3.05) is 31.1 Å². The van der Waals surface area contributed by atoms with Crippen molar-refractivity contribution in [1.29, 1.82) is 0 Å². The van der Waals surface area contributed by atoms with Crippen LogP contribution in [-0.4, -0.2) is 66.2 Å². The van der Waals surface area contributed by atoms with E-state index in [0.29, 0.717) is 18.6 Å². The minimum Gasteiger partial charge on any atom is -0.449 e. The number of carbonyl (C=O) groups is 2. The van der Waals surface area contributed by atoms with Crippen LogP contribution in [0.5, 0.6) is 0 Å². The molecule has 0 N–H and O–H groups in total. The Morgan fingerprint density at radius 2 is 1.85 bits per heavy atom. The Morgan fingerprint density at radius 3 is 2.53 bits per heavy atom. The lowest BCUT2D eigenvalue weighted by molar-refractivity contribution is -0.116. The average molecular weight is 468 g/mol. The lowest BCUT2D eigenvalue weighted by Crippen LogP contribution is -2.51. The molecule has 6 nitrogen and oxygen atoms in total. The van der Waals surface area contributed by atoms with Gasteiger partial charge in [0.1, 0.15) is 0 Å². The summed E-state index contributed by atoms with van der Waals surface area (Å²) >= 11 is 0. The first kappa shape index (κ1) is 23.7. The van der Waals surface area contributed by atoms with Gasteiger partial charge in [-0.2, -0.15) is 0 Å². The van der Waals surface area contributed by atoms with Crippen molar-refractivity contribution in [3.63, 3.8) is 0 Å². The predicted octanol–water partition coefficient (Wildman–Crippen LogP) is 4.95. The third kappa shape index (κ3) is 4.46. The maximum Gasteiger partial charge on any atom is 0.410 e. The molecule has 2 amide bonds. The molecule has 186 valence electrons. The van der Waals surface area contributed by atoms with Gasteiger partial charge in [-0.3, -0.25) is 4.79 Å². The van der Waals surface area contributed by atoms with Crippen molar-refractivity contribution in [3.8, 4) is 0 Å². The number of likely N-dealkylation sites (tertiary alicyclic amines) is 2. The molecule has 3 fully saturated rings. The van der Waals surface area contributed by atoms with Crippen molar-refractivity contribution < 1.29 is 14.3 Å². The van der Waals surface area contributed by atoms with Crippen molar-refractivity contribution in [2.45, 2.75) is 95.7 Å². The van der Waals surface area contributed by atoms with Crippen molar-refractivity contribution in [3.05, 3.63) is 29.8 Å². The van der Waals surface area contributed by atoms with Gasteiger partial charge in [0.05, 0.1) is 6.61 Å². The van der Waals surface area contributed by atoms with Crippen LogP contribution in [0.2, 0.25) is 0 Å². The van der Waals surface area contributed by atoms with E-state index in [1.165, 1.54) is 18.4 Å². The summed E-state index contributed by atoms with van der Waals surface area (Å²) in [5, 5.41) is 0. The van der Waals surface area contributed by atoms with Crippen LogP contribution in [-0.2, 0) is 14.9 Å². The van der Waals surface area contributed by atoms with E-state index >= 15 is 0 Å². The molecule has 0 aromatic heterocycles. The van der Waals surface area contributed by atoms with Gasteiger partial charge >= 0.3 is 6.09 Å². The molecule has 3 atom stereocenters. The highest BCUT2D eigenvalue weighted by Gasteiger charge is 2.46. The number of benzene rings is 1. The fourth-order valence-electron chi connectivity index (χ4n) is 6.72. The third-order valence-electron chi connectivity index (χ3n) is 9.03. The quantitative estimate of drug-likeness (QED) is 0.594. The summed E-state index contributed by atoms with van der Waals surface area (Å²) in [6, 6.07) is 9.52. The van der Waals surface area contributed by atoms with Gasteiger partial charge in [-0.1, -0.05) is 25.1 Å². The zero-order valence-corrected chi connectivity index (χ0v) is 21.2. The third-order valence-corrected chi connectivity index (χ3v) is 9.03. The van der Waals surface area contributed by atoms with E-state index in [9.17, 15) is 9.59 Å². The Labute approximate surface area is 204 Å². The molecule has 1 saturated carbocycles. The van der Waals surface area contributed by atoms with Crippen LogP contribution in [0, 0.1) is 5.92 Å². The number of ether oxygens (including phenoxy) is 1. The minimum atomic E-state index is -0.0961. The molecule has 0 bridgehead atoms. The number of hydrogen-bond donors (Lipinski definition) is 0. The summed E-state index contributed by atoms with van der Waals surface area (Å²) < 4.78 is 5.68. The van der Waals surface area contributed by atoms with E-state index in [1.807, 2.05) is 11.0 Å². The summed E-state index contributed by atoms with van der Waals surface area (Å²) in [5.74, 6) is 0.742. The highest BCUT2D eigenvalue weighted by Crippen LogP contribution is 2.47. The summed E-state index contributed by atoms with van der Waals surface area (Å²) in [5.41, 5.74) is 2.54. The molecule has 3 unspecified atom stereocenters. The van der Waals surface area contributed by atoms with Crippen LogP contribution in [0.25, 0.3) is 0 Å². The molecule has 1 aromatic rings. The van der Waals surface area contributed by atoms with Crippen LogP contribution in [0.1, 0.15) is 77.7 Å². The van der Waals surface area contributed by atoms with Crippen LogP contribution >= 0.6 is 0 Å². The summed E-state index contributed by atoms with van der Waals surface area (Å²) in [7, 11) is 0. The molecule has 4 aliphatic rings. The van der Waals surface area contributed by atoms with E-state index in [0.717, 1.165) is 63.8 Å². The van der Waals surface area contributed by atoms with Crippen molar-refractivity contribution >= 4 is 17.7 Å². The van der Waals surface area contributed by atoms with E-state index in [1.54, 1.807) is 6.92 Å².